The standard InChI is InChI=1S/C15H18N2O2/c1-11(14(18)16-8-4-5-9-16)17-10-12-6-2-3-7-13(12)15(17)19/h2-3,6-7,11H,4-5,8-10H2,1H3. The van der Waals surface area contributed by atoms with Gasteiger partial charge in [-0.3, -0.25) is 9.59 Å². The van der Waals surface area contributed by atoms with E-state index >= 15 is 0 Å². The molecule has 2 heterocycles. The van der Waals surface area contributed by atoms with E-state index in [1.165, 1.54) is 0 Å². The summed E-state index contributed by atoms with van der Waals surface area (Å²) in [4.78, 5) is 28.2. The fraction of sp³-hybridized carbons (Fsp3) is 0.467. The van der Waals surface area contributed by atoms with Gasteiger partial charge in [0.05, 0.1) is 0 Å². The highest BCUT2D eigenvalue weighted by atomic mass is 16.2. The highest BCUT2D eigenvalue weighted by Gasteiger charge is 2.35. The SMILES string of the molecule is CC(C(=O)N1CCCC1)N1Cc2ccccc2C1=O. The number of benzene rings is 1. The molecule has 4 nitrogen and oxygen atoms in total. The summed E-state index contributed by atoms with van der Waals surface area (Å²) in [5.41, 5.74) is 1.76. The highest BCUT2D eigenvalue weighted by Crippen LogP contribution is 2.25. The van der Waals surface area contributed by atoms with Crippen LogP contribution in [0.5, 0.6) is 0 Å². The van der Waals surface area contributed by atoms with Crippen LogP contribution in [0.4, 0.5) is 0 Å². The fourth-order valence-electron chi connectivity index (χ4n) is 2.92. The molecule has 1 aromatic carbocycles. The molecular formula is C15H18N2O2. The van der Waals surface area contributed by atoms with Gasteiger partial charge in [-0.15, -0.1) is 0 Å². The minimum Gasteiger partial charge on any atom is -0.341 e. The maximum absolute atomic E-state index is 12.4. The second kappa shape index (κ2) is 4.68. The van der Waals surface area contributed by atoms with E-state index in [0.29, 0.717) is 6.54 Å². The zero-order valence-electron chi connectivity index (χ0n) is 11.1. The van der Waals surface area contributed by atoms with Gasteiger partial charge in [0.25, 0.3) is 5.91 Å². The predicted molar refractivity (Wildman–Crippen MR) is 71.6 cm³/mol. The number of hydrogen-bond acceptors (Lipinski definition) is 2. The van der Waals surface area contributed by atoms with Crippen molar-refractivity contribution >= 4 is 11.8 Å². The van der Waals surface area contributed by atoms with Crippen molar-refractivity contribution in [1.82, 2.24) is 9.80 Å². The van der Waals surface area contributed by atoms with Crippen LogP contribution in [0.2, 0.25) is 0 Å². The normalized spacial score (nSPS) is 19.7. The number of nitrogens with zero attached hydrogens (tertiary/aromatic N) is 2. The van der Waals surface area contributed by atoms with Crippen LogP contribution in [-0.2, 0) is 11.3 Å². The lowest BCUT2D eigenvalue weighted by Gasteiger charge is -2.27. The molecular weight excluding hydrogens is 240 g/mol. The first kappa shape index (κ1) is 12.2. The maximum Gasteiger partial charge on any atom is 0.255 e. The molecule has 0 saturated carbocycles. The van der Waals surface area contributed by atoms with Crippen LogP contribution in [0.1, 0.15) is 35.7 Å². The molecule has 1 unspecified atom stereocenters. The van der Waals surface area contributed by atoms with Crippen molar-refractivity contribution < 1.29 is 9.59 Å². The van der Waals surface area contributed by atoms with Crippen molar-refractivity contribution in [2.45, 2.75) is 32.4 Å². The quantitative estimate of drug-likeness (QED) is 0.809. The molecule has 2 amide bonds. The summed E-state index contributed by atoms with van der Waals surface area (Å²) in [6, 6.07) is 7.24. The smallest absolute Gasteiger partial charge is 0.255 e. The van der Waals surface area contributed by atoms with Crippen LogP contribution in [0.15, 0.2) is 24.3 Å². The Bertz CT molecular complexity index is 521. The zero-order valence-corrected chi connectivity index (χ0v) is 11.1. The Kier molecular flexibility index (Phi) is 3.01. The van der Waals surface area contributed by atoms with Gasteiger partial charge in [0.2, 0.25) is 5.91 Å². The Morgan fingerprint density at radius 2 is 1.89 bits per heavy atom. The van der Waals surface area contributed by atoms with E-state index in [4.69, 9.17) is 0 Å². The van der Waals surface area contributed by atoms with Gasteiger partial charge in [0.1, 0.15) is 6.04 Å². The van der Waals surface area contributed by atoms with Crippen LogP contribution in [0, 0.1) is 0 Å². The largest absolute Gasteiger partial charge is 0.341 e. The first-order chi connectivity index (χ1) is 9.18. The van der Waals surface area contributed by atoms with Crippen LogP contribution in [0.25, 0.3) is 0 Å². The summed E-state index contributed by atoms with van der Waals surface area (Å²) in [5, 5.41) is 0. The number of amides is 2. The number of fused-ring (bicyclic) bond motifs is 1. The predicted octanol–water partition coefficient (Wildman–Crippen LogP) is 1.65. The third-order valence-electron chi connectivity index (χ3n) is 4.09. The van der Waals surface area contributed by atoms with E-state index in [1.807, 2.05) is 36.1 Å². The second-order valence-corrected chi connectivity index (χ2v) is 5.30. The molecule has 19 heavy (non-hydrogen) atoms. The van der Waals surface area contributed by atoms with Crippen LogP contribution < -0.4 is 0 Å². The lowest BCUT2D eigenvalue weighted by molar-refractivity contribution is -0.134. The van der Waals surface area contributed by atoms with Crippen molar-refractivity contribution in [3.05, 3.63) is 35.4 Å². The first-order valence-electron chi connectivity index (χ1n) is 6.86. The molecule has 1 fully saturated rings. The van der Waals surface area contributed by atoms with Crippen LogP contribution in [0.3, 0.4) is 0 Å². The van der Waals surface area contributed by atoms with E-state index < -0.39 is 0 Å². The van der Waals surface area contributed by atoms with Crippen molar-refractivity contribution in [2.75, 3.05) is 13.1 Å². The van der Waals surface area contributed by atoms with Gasteiger partial charge in [-0.25, -0.2) is 0 Å². The van der Waals surface area contributed by atoms with Gasteiger partial charge >= 0.3 is 0 Å². The van der Waals surface area contributed by atoms with Crippen LogP contribution >= 0.6 is 0 Å². The molecule has 0 aromatic heterocycles. The van der Waals surface area contributed by atoms with Gasteiger partial charge < -0.3 is 9.80 Å². The monoisotopic (exact) mass is 258 g/mol. The van der Waals surface area contributed by atoms with Gasteiger partial charge in [0.15, 0.2) is 0 Å². The number of carbonyl (C=O) groups excluding carboxylic acids is 2. The summed E-state index contributed by atoms with van der Waals surface area (Å²) in [5.74, 6) is 0.0642. The molecule has 1 atom stereocenters. The minimum absolute atomic E-state index is 0.0179. The van der Waals surface area contributed by atoms with Crippen LogP contribution in [-0.4, -0.2) is 40.7 Å². The minimum atomic E-state index is -0.363. The first-order valence-corrected chi connectivity index (χ1v) is 6.86. The number of likely N-dealkylation sites (tertiary alicyclic amines) is 1. The lowest BCUT2D eigenvalue weighted by atomic mass is 10.1. The van der Waals surface area contributed by atoms with Gasteiger partial charge in [-0.2, -0.15) is 0 Å². The number of rotatable bonds is 2. The van der Waals surface area contributed by atoms with Gasteiger partial charge in [-0.1, -0.05) is 18.2 Å². The Balaban J connectivity index is 1.77. The zero-order chi connectivity index (χ0) is 13.4. The second-order valence-electron chi connectivity index (χ2n) is 5.30. The molecule has 0 spiro atoms. The van der Waals surface area contributed by atoms with E-state index in [0.717, 1.165) is 37.1 Å². The molecule has 1 aromatic rings. The highest BCUT2D eigenvalue weighted by molar-refractivity contribution is 6.01. The Hall–Kier alpha value is -1.84. The van der Waals surface area contributed by atoms with Crippen molar-refractivity contribution in [3.63, 3.8) is 0 Å². The summed E-state index contributed by atoms with van der Waals surface area (Å²) in [7, 11) is 0. The molecule has 4 heteroatoms. The summed E-state index contributed by atoms with van der Waals surface area (Å²) < 4.78 is 0. The third kappa shape index (κ3) is 2.01. The Morgan fingerprint density at radius 1 is 1.21 bits per heavy atom. The fourth-order valence-corrected chi connectivity index (χ4v) is 2.92. The molecule has 3 rings (SSSR count). The van der Waals surface area contributed by atoms with Crippen molar-refractivity contribution in [3.8, 4) is 0 Å². The molecule has 0 aliphatic carbocycles. The molecule has 0 radical (unpaired) electrons. The third-order valence-corrected chi connectivity index (χ3v) is 4.09. The topological polar surface area (TPSA) is 40.6 Å². The molecule has 0 bridgehead atoms. The van der Waals surface area contributed by atoms with Crippen molar-refractivity contribution in [1.29, 1.82) is 0 Å². The van der Waals surface area contributed by atoms with E-state index in [9.17, 15) is 9.59 Å². The van der Waals surface area contributed by atoms with Crippen molar-refractivity contribution in [2.24, 2.45) is 0 Å². The Labute approximate surface area is 113 Å². The Morgan fingerprint density at radius 3 is 2.58 bits per heavy atom. The number of hydrogen-bond donors (Lipinski definition) is 0. The summed E-state index contributed by atoms with van der Waals surface area (Å²) in [6.07, 6.45) is 2.15. The molecule has 100 valence electrons. The van der Waals surface area contributed by atoms with E-state index in [1.54, 1.807) is 4.90 Å². The maximum atomic E-state index is 12.4. The van der Waals surface area contributed by atoms with Gasteiger partial charge in [0, 0.05) is 25.2 Å². The van der Waals surface area contributed by atoms with E-state index in [-0.39, 0.29) is 17.9 Å². The molecule has 1 saturated heterocycles. The average molecular weight is 258 g/mol. The summed E-state index contributed by atoms with van der Waals surface area (Å²) >= 11 is 0. The number of carbonyl (C=O) groups is 2. The summed E-state index contributed by atoms with van der Waals surface area (Å²) in [6.45, 7) is 4.05. The van der Waals surface area contributed by atoms with E-state index in [2.05, 4.69) is 0 Å². The lowest BCUT2D eigenvalue weighted by Crippen LogP contribution is -2.46. The van der Waals surface area contributed by atoms with Gasteiger partial charge in [-0.05, 0) is 31.4 Å². The molecule has 0 N–H and O–H groups in total. The molecule has 2 aliphatic rings. The average Bonchev–Trinajstić information content (AvgIpc) is 3.06. The molecule has 2 aliphatic heterocycles.